The predicted molar refractivity (Wildman–Crippen MR) is 140 cm³/mol. The molecular weight excluding hydrogens is 436 g/mol. The Labute approximate surface area is 207 Å². The molecule has 5 heteroatoms. The maximum Gasteiger partial charge on any atom is 0.311 e. The fourth-order valence-electron chi connectivity index (χ4n) is 4.34. The van der Waals surface area contributed by atoms with Crippen LogP contribution in [0.5, 0.6) is 5.75 Å². The lowest BCUT2D eigenvalue weighted by Gasteiger charge is -2.21. The highest BCUT2D eigenvalue weighted by Crippen LogP contribution is 2.28. The average Bonchev–Trinajstić information content (AvgIpc) is 3.24. The molecule has 0 unspecified atom stereocenters. The Balaban J connectivity index is 1.37. The van der Waals surface area contributed by atoms with Crippen molar-refractivity contribution in [3.05, 3.63) is 84.4 Å². The number of ether oxygens (including phenoxy) is 2. The second kappa shape index (κ2) is 11.2. The van der Waals surface area contributed by atoms with E-state index in [0.29, 0.717) is 6.61 Å². The van der Waals surface area contributed by atoms with E-state index >= 15 is 0 Å². The lowest BCUT2D eigenvalue weighted by Crippen LogP contribution is -2.25. The molecule has 0 aliphatic rings. The highest BCUT2D eigenvalue weighted by molar-refractivity contribution is 5.81. The van der Waals surface area contributed by atoms with Crippen molar-refractivity contribution in [2.24, 2.45) is 5.41 Å². The number of imidazole rings is 1. The van der Waals surface area contributed by atoms with E-state index in [0.717, 1.165) is 60.4 Å². The van der Waals surface area contributed by atoms with Crippen molar-refractivity contribution >= 4 is 17.0 Å². The van der Waals surface area contributed by atoms with Gasteiger partial charge in [0.25, 0.3) is 0 Å². The van der Waals surface area contributed by atoms with E-state index in [-0.39, 0.29) is 5.97 Å². The quantitative estimate of drug-likeness (QED) is 0.177. The minimum absolute atomic E-state index is 0.147. The number of nitrogens with zero attached hydrogens (tertiary/aromatic N) is 2. The summed E-state index contributed by atoms with van der Waals surface area (Å²) < 4.78 is 13.1. The first-order chi connectivity index (χ1) is 17.0. The number of para-hydroxylation sites is 2. The first-order valence-electron chi connectivity index (χ1n) is 12.3. The smallest absolute Gasteiger partial charge is 0.311 e. The molecule has 0 aliphatic heterocycles. The molecule has 182 valence electrons. The number of unbranched alkanes of at least 4 members (excludes halogenated alkanes) is 2. The summed E-state index contributed by atoms with van der Waals surface area (Å²) in [4.78, 5) is 16.7. The van der Waals surface area contributed by atoms with Gasteiger partial charge in [0.1, 0.15) is 11.6 Å². The maximum absolute atomic E-state index is 11.8. The lowest BCUT2D eigenvalue weighted by molar-refractivity contribution is -0.151. The van der Waals surface area contributed by atoms with E-state index < -0.39 is 5.41 Å². The summed E-state index contributed by atoms with van der Waals surface area (Å²) >= 11 is 0. The number of esters is 1. The van der Waals surface area contributed by atoms with Crippen molar-refractivity contribution < 1.29 is 14.3 Å². The predicted octanol–water partition coefficient (Wildman–Crippen LogP) is 6.89. The number of hydrogen-bond acceptors (Lipinski definition) is 4. The molecule has 35 heavy (non-hydrogen) atoms. The summed E-state index contributed by atoms with van der Waals surface area (Å²) in [5.74, 6) is 1.66. The zero-order chi connectivity index (χ0) is 24.7. The SMILES string of the molecule is COC(=O)C(C)(C)CCCCCOc1ccc(-c2nc3ccccc3n2Cc2ccccc2)cc1. The van der Waals surface area contributed by atoms with Gasteiger partial charge in [0.2, 0.25) is 0 Å². The van der Waals surface area contributed by atoms with Crippen LogP contribution in [0.25, 0.3) is 22.4 Å². The number of carbonyl (C=O) groups is 1. The van der Waals surface area contributed by atoms with Crippen LogP contribution in [0.4, 0.5) is 0 Å². The Morgan fingerprint density at radius 1 is 0.886 bits per heavy atom. The van der Waals surface area contributed by atoms with Gasteiger partial charge < -0.3 is 14.0 Å². The summed E-state index contributed by atoms with van der Waals surface area (Å²) in [6.45, 7) is 5.29. The maximum atomic E-state index is 11.8. The highest BCUT2D eigenvalue weighted by Gasteiger charge is 2.27. The molecule has 3 aromatic carbocycles. The number of rotatable bonds is 11. The van der Waals surface area contributed by atoms with Crippen molar-refractivity contribution in [2.75, 3.05) is 13.7 Å². The fraction of sp³-hybridized carbons (Fsp3) is 0.333. The molecule has 5 nitrogen and oxygen atoms in total. The van der Waals surface area contributed by atoms with Crippen molar-refractivity contribution in [3.63, 3.8) is 0 Å². The van der Waals surface area contributed by atoms with Gasteiger partial charge in [0, 0.05) is 12.1 Å². The Morgan fingerprint density at radius 3 is 2.34 bits per heavy atom. The molecule has 0 N–H and O–H groups in total. The van der Waals surface area contributed by atoms with Gasteiger partial charge in [-0.1, -0.05) is 55.3 Å². The van der Waals surface area contributed by atoms with Crippen LogP contribution in [0.2, 0.25) is 0 Å². The molecule has 0 fully saturated rings. The third-order valence-electron chi connectivity index (χ3n) is 6.40. The first kappa shape index (κ1) is 24.5. The molecule has 1 heterocycles. The monoisotopic (exact) mass is 470 g/mol. The Bertz CT molecular complexity index is 1240. The minimum Gasteiger partial charge on any atom is -0.494 e. The van der Waals surface area contributed by atoms with Crippen LogP contribution in [0.1, 0.15) is 45.1 Å². The first-order valence-corrected chi connectivity index (χ1v) is 12.3. The van der Waals surface area contributed by atoms with Gasteiger partial charge in [0.15, 0.2) is 0 Å². The van der Waals surface area contributed by atoms with E-state index in [9.17, 15) is 4.79 Å². The van der Waals surface area contributed by atoms with Crippen LogP contribution in [0.3, 0.4) is 0 Å². The largest absolute Gasteiger partial charge is 0.494 e. The summed E-state index contributed by atoms with van der Waals surface area (Å²) in [6.07, 6.45) is 3.76. The molecule has 0 saturated carbocycles. The average molecular weight is 471 g/mol. The number of carbonyl (C=O) groups excluding carboxylic acids is 1. The van der Waals surface area contributed by atoms with Gasteiger partial charge in [0.05, 0.1) is 30.2 Å². The van der Waals surface area contributed by atoms with Crippen molar-refractivity contribution in [1.29, 1.82) is 0 Å². The molecule has 0 radical (unpaired) electrons. The van der Waals surface area contributed by atoms with Gasteiger partial charge >= 0.3 is 5.97 Å². The highest BCUT2D eigenvalue weighted by atomic mass is 16.5. The molecule has 0 amide bonds. The molecule has 4 rings (SSSR count). The summed E-state index contributed by atoms with van der Waals surface area (Å²) in [6, 6.07) is 26.9. The second-order valence-corrected chi connectivity index (χ2v) is 9.55. The van der Waals surface area contributed by atoms with Crippen molar-refractivity contribution in [1.82, 2.24) is 9.55 Å². The molecule has 1 aromatic heterocycles. The number of fused-ring (bicyclic) bond motifs is 1. The molecule has 0 spiro atoms. The number of aromatic nitrogens is 2. The van der Waals surface area contributed by atoms with E-state index in [1.54, 1.807) is 0 Å². The van der Waals surface area contributed by atoms with Crippen LogP contribution in [-0.4, -0.2) is 29.2 Å². The molecular formula is C30H34N2O3. The summed E-state index contributed by atoms with van der Waals surface area (Å²) in [7, 11) is 1.45. The Hall–Kier alpha value is -3.60. The van der Waals surface area contributed by atoms with Crippen molar-refractivity contribution in [2.45, 2.75) is 46.1 Å². The van der Waals surface area contributed by atoms with Crippen LogP contribution >= 0.6 is 0 Å². The number of benzene rings is 3. The standard InChI is InChI=1S/C30H34N2O3/c1-30(2,29(33)34-3)20-10-5-11-21-35-25-18-16-24(17-19-25)28-31-26-14-8-9-15-27(26)32(28)22-23-12-6-4-7-13-23/h4,6-9,12-19H,5,10-11,20-22H2,1-3H3. The minimum atomic E-state index is -0.428. The second-order valence-electron chi connectivity index (χ2n) is 9.55. The normalized spacial score (nSPS) is 11.5. The van der Waals surface area contributed by atoms with Gasteiger partial charge in [-0.15, -0.1) is 0 Å². The summed E-state index contributed by atoms with van der Waals surface area (Å²) in [5, 5.41) is 0. The summed E-state index contributed by atoms with van der Waals surface area (Å²) in [5.41, 5.74) is 4.00. The van der Waals surface area contributed by atoms with Crippen LogP contribution < -0.4 is 4.74 Å². The van der Waals surface area contributed by atoms with Crippen LogP contribution in [0.15, 0.2) is 78.9 Å². The third kappa shape index (κ3) is 6.10. The van der Waals surface area contributed by atoms with Gasteiger partial charge in [-0.3, -0.25) is 4.79 Å². The van der Waals surface area contributed by atoms with E-state index in [1.165, 1.54) is 12.7 Å². The van der Waals surface area contributed by atoms with Crippen molar-refractivity contribution in [3.8, 4) is 17.1 Å². The lowest BCUT2D eigenvalue weighted by atomic mass is 9.87. The Morgan fingerprint density at radius 2 is 1.60 bits per heavy atom. The zero-order valence-electron chi connectivity index (χ0n) is 20.9. The van der Waals surface area contributed by atoms with Gasteiger partial charge in [-0.05, 0) is 68.7 Å². The van der Waals surface area contributed by atoms with Gasteiger partial charge in [-0.25, -0.2) is 4.98 Å². The van der Waals surface area contributed by atoms with Gasteiger partial charge in [-0.2, -0.15) is 0 Å². The number of methoxy groups -OCH3 is 1. The zero-order valence-corrected chi connectivity index (χ0v) is 20.9. The van der Waals surface area contributed by atoms with E-state index in [1.807, 2.05) is 38.1 Å². The molecule has 0 saturated heterocycles. The van der Waals surface area contributed by atoms with Crippen LogP contribution in [0, 0.1) is 5.41 Å². The molecule has 0 atom stereocenters. The van der Waals surface area contributed by atoms with E-state index in [4.69, 9.17) is 14.5 Å². The van der Waals surface area contributed by atoms with Crippen LogP contribution in [-0.2, 0) is 16.1 Å². The number of hydrogen-bond donors (Lipinski definition) is 0. The fourth-order valence-corrected chi connectivity index (χ4v) is 4.34. The topological polar surface area (TPSA) is 53.4 Å². The van der Waals surface area contributed by atoms with E-state index in [2.05, 4.69) is 59.2 Å². The third-order valence-corrected chi connectivity index (χ3v) is 6.40. The molecule has 4 aromatic rings. The molecule has 0 bridgehead atoms. The molecule has 0 aliphatic carbocycles. The Kier molecular flexibility index (Phi) is 7.86.